The van der Waals surface area contributed by atoms with E-state index in [1.165, 1.54) is 6.07 Å². The Labute approximate surface area is 72.8 Å². The Hall–Kier alpha value is -0.670. The second-order valence-electron chi connectivity index (χ2n) is 2.17. The van der Waals surface area contributed by atoms with Crippen LogP contribution in [0.25, 0.3) is 6.08 Å². The van der Waals surface area contributed by atoms with Crippen molar-refractivity contribution in [2.75, 3.05) is 0 Å². The molecule has 1 nitrogen and oxygen atoms in total. The Balaban J connectivity index is 3.31. The minimum atomic E-state index is -0.291. The highest BCUT2D eigenvalue weighted by molar-refractivity contribution is 9.10. The normalized spacial score (nSPS) is 9.73. The van der Waals surface area contributed by atoms with Gasteiger partial charge in [0.05, 0.1) is 4.47 Å². The van der Waals surface area contributed by atoms with Crippen molar-refractivity contribution >= 4 is 27.7 Å². The van der Waals surface area contributed by atoms with Gasteiger partial charge in [0.1, 0.15) is 11.5 Å². The lowest BCUT2D eigenvalue weighted by atomic mass is 10.2. The maximum absolute atomic E-state index is 12.8. The van der Waals surface area contributed by atoms with Crippen molar-refractivity contribution in [3.8, 4) is 0 Å². The van der Waals surface area contributed by atoms with Gasteiger partial charge in [-0.2, -0.15) is 0 Å². The molecule has 11 heavy (non-hydrogen) atoms. The van der Waals surface area contributed by atoms with Crippen LogP contribution >= 0.6 is 15.9 Å². The summed E-state index contributed by atoms with van der Waals surface area (Å²) in [5.74, 6) is -0.291. The molecule has 0 atom stereocenters. The van der Waals surface area contributed by atoms with Crippen molar-refractivity contribution in [3.05, 3.63) is 34.6 Å². The van der Waals surface area contributed by atoms with Gasteiger partial charge in [0, 0.05) is 11.6 Å². The van der Waals surface area contributed by atoms with Crippen molar-refractivity contribution in [3.63, 3.8) is 0 Å². The van der Waals surface area contributed by atoms with Crippen LogP contribution in [0, 0.1) is 5.82 Å². The van der Waals surface area contributed by atoms with Crippen LogP contribution in [0.2, 0.25) is 0 Å². The fraction of sp³-hybridized carbons (Fsp3) is 0. The zero-order chi connectivity index (χ0) is 8.43. The third-order valence-electron chi connectivity index (χ3n) is 1.40. The van der Waals surface area contributed by atoms with E-state index < -0.39 is 0 Å². The minimum absolute atomic E-state index is 0.291. The summed E-state index contributed by atoms with van der Waals surface area (Å²) in [5, 5.41) is 0. The van der Waals surface area contributed by atoms with Gasteiger partial charge >= 0.3 is 0 Å². The molecule has 0 saturated carbocycles. The summed E-state index contributed by atoms with van der Waals surface area (Å²) in [6, 6.07) is 3.03. The fourth-order valence-corrected chi connectivity index (χ4v) is 1.15. The van der Waals surface area contributed by atoms with Crippen LogP contribution < -0.4 is 5.73 Å². The van der Waals surface area contributed by atoms with E-state index >= 15 is 0 Å². The summed E-state index contributed by atoms with van der Waals surface area (Å²) >= 11 is 3.07. The second-order valence-corrected chi connectivity index (χ2v) is 3.02. The molecule has 0 fully saturated rings. The van der Waals surface area contributed by atoms with E-state index in [2.05, 4.69) is 28.2 Å². The van der Waals surface area contributed by atoms with Crippen LogP contribution in [0.3, 0.4) is 0 Å². The number of hydrogen-bond acceptors (Lipinski definition) is 0. The molecule has 1 aromatic rings. The van der Waals surface area contributed by atoms with Gasteiger partial charge in [-0.25, -0.2) is 4.39 Å². The summed E-state index contributed by atoms with van der Waals surface area (Å²) in [6.07, 6.45) is 1.65. The van der Waals surface area contributed by atoms with Crippen molar-refractivity contribution in [1.29, 1.82) is 0 Å². The van der Waals surface area contributed by atoms with E-state index in [1.807, 2.05) is 0 Å². The molecule has 0 aliphatic rings. The lowest BCUT2D eigenvalue weighted by Crippen LogP contribution is -2.41. The number of benzene rings is 1. The quantitative estimate of drug-likeness (QED) is 0.746. The van der Waals surface area contributed by atoms with Crippen molar-refractivity contribution < 1.29 is 10.1 Å². The number of hydrogen-bond donors (Lipinski definition) is 1. The van der Waals surface area contributed by atoms with Gasteiger partial charge in [-0.15, -0.1) is 0 Å². The van der Waals surface area contributed by atoms with Crippen LogP contribution in [-0.2, 0) is 0 Å². The molecule has 0 heterocycles. The third-order valence-corrected chi connectivity index (χ3v) is 2.01. The minimum Gasteiger partial charge on any atom is -0.325 e. The molecule has 0 amide bonds. The van der Waals surface area contributed by atoms with Gasteiger partial charge in [0.2, 0.25) is 0 Å². The number of quaternary nitrogens is 1. The average Bonchev–Trinajstić information content (AvgIpc) is 1.97. The van der Waals surface area contributed by atoms with Crippen LogP contribution in [0.5, 0.6) is 0 Å². The Morgan fingerprint density at radius 2 is 2.18 bits per heavy atom. The average molecular weight is 217 g/mol. The van der Waals surface area contributed by atoms with Gasteiger partial charge in [0.15, 0.2) is 0 Å². The predicted molar refractivity (Wildman–Crippen MR) is 46.7 cm³/mol. The summed E-state index contributed by atoms with van der Waals surface area (Å²) in [7, 11) is 0. The fourth-order valence-electron chi connectivity index (χ4n) is 0.793. The molecule has 0 aliphatic carbocycles. The molecule has 0 saturated heterocycles. The Morgan fingerprint density at radius 1 is 1.55 bits per heavy atom. The Kier molecular flexibility index (Phi) is 2.42. The largest absolute Gasteiger partial charge is 0.325 e. The molecule has 58 valence electrons. The van der Waals surface area contributed by atoms with E-state index in [9.17, 15) is 4.39 Å². The molecule has 0 radical (unpaired) electrons. The predicted octanol–water partition coefficient (Wildman–Crippen LogP) is 2.10. The van der Waals surface area contributed by atoms with E-state index in [0.717, 1.165) is 5.56 Å². The van der Waals surface area contributed by atoms with Crippen LogP contribution in [-0.4, -0.2) is 0 Å². The molecule has 3 heteroatoms. The van der Waals surface area contributed by atoms with Crippen molar-refractivity contribution in [2.45, 2.75) is 0 Å². The van der Waals surface area contributed by atoms with Crippen molar-refractivity contribution in [1.82, 2.24) is 0 Å². The molecule has 1 aromatic carbocycles. The first-order valence-corrected chi connectivity index (χ1v) is 3.88. The molecule has 0 spiro atoms. The Morgan fingerprint density at radius 3 is 2.73 bits per heavy atom. The smallest absolute Gasteiger partial charge is 0.143 e. The highest BCUT2D eigenvalue weighted by atomic mass is 79.9. The topological polar surface area (TPSA) is 27.6 Å². The van der Waals surface area contributed by atoms with Gasteiger partial charge in [-0.1, -0.05) is 12.7 Å². The highest BCUT2D eigenvalue weighted by Gasteiger charge is 2.04. The molecular formula is C8H8BrFN+. The lowest BCUT2D eigenvalue weighted by molar-refractivity contribution is -0.255. The SMILES string of the molecule is C=Cc1cc(Br)c(F)cc1[NH3+]. The molecule has 0 bridgehead atoms. The Bertz CT molecular complexity index is 296. The van der Waals surface area contributed by atoms with Crippen LogP contribution in [0.1, 0.15) is 5.56 Å². The first-order chi connectivity index (χ1) is 5.15. The van der Waals surface area contributed by atoms with Gasteiger partial charge in [-0.3, -0.25) is 0 Å². The molecule has 0 unspecified atom stereocenters. The summed E-state index contributed by atoms with van der Waals surface area (Å²) in [5.41, 5.74) is 5.16. The summed E-state index contributed by atoms with van der Waals surface area (Å²) < 4.78 is 13.2. The molecular weight excluding hydrogens is 209 g/mol. The van der Waals surface area contributed by atoms with E-state index in [-0.39, 0.29) is 5.82 Å². The second kappa shape index (κ2) is 3.15. The van der Waals surface area contributed by atoms with E-state index in [4.69, 9.17) is 0 Å². The third kappa shape index (κ3) is 1.67. The van der Waals surface area contributed by atoms with Crippen LogP contribution in [0.4, 0.5) is 10.1 Å². The monoisotopic (exact) mass is 216 g/mol. The standard InChI is InChI=1S/C8H7BrFN/c1-2-5-3-6(9)7(10)4-8(5)11/h2-4H,1,11H2/p+1. The maximum atomic E-state index is 12.8. The lowest BCUT2D eigenvalue weighted by Gasteiger charge is -1.97. The van der Waals surface area contributed by atoms with Crippen LogP contribution in [0.15, 0.2) is 23.2 Å². The molecule has 1 rings (SSSR count). The van der Waals surface area contributed by atoms with E-state index in [0.29, 0.717) is 10.2 Å². The highest BCUT2D eigenvalue weighted by Crippen LogP contribution is 2.21. The first kappa shape index (κ1) is 8.43. The zero-order valence-electron chi connectivity index (χ0n) is 5.90. The first-order valence-electron chi connectivity index (χ1n) is 3.08. The molecule has 0 aromatic heterocycles. The zero-order valence-corrected chi connectivity index (χ0v) is 7.49. The van der Waals surface area contributed by atoms with Gasteiger partial charge in [-0.05, 0) is 22.0 Å². The number of halogens is 2. The maximum Gasteiger partial charge on any atom is 0.143 e. The van der Waals surface area contributed by atoms with Gasteiger partial charge in [0.25, 0.3) is 0 Å². The summed E-state index contributed by atoms with van der Waals surface area (Å²) in [6.45, 7) is 3.58. The van der Waals surface area contributed by atoms with Gasteiger partial charge < -0.3 is 5.73 Å². The van der Waals surface area contributed by atoms with Crippen molar-refractivity contribution in [2.24, 2.45) is 0 Å². The van der Waals surface area contributed by atoms with E-state index in [1.54, 1.807) is 12.1 Å². The molecule has 0 aliphatic heterocycles. The molecule has 3 N–H and O–H groups in total. The number of rotatable bonds is 1. The summed E-state index contributed by atoms with van der Waals surface area (Å²) in [4.78, 5) is 0.